The highest BCUT2D eigenvalue weighted by molar-refractivity contribution is 6.32. The average molecular weight is 330 g/mol. The number of para-hydroxylation sites is 1. The molecule has 5 heteroatoms. The predicted octanol–water partition coefficient (Wildman–Crippen LogP) is 3.31. The van der Waals surface area contributed by atoms with Gasteiger partial charge in [0.1, 0.15) is 12.4 Å². The van der Waals surface area contributed by atoms with Crippen LogP contribution in [0.1, 0.15) is 11.1 Å². The van der Waals surface area contributed by atoms with Gasteiger partial charge in [-0.1, -0.05) is 48.0 Å². The molecule has 0 saturated carbocycles. The molecule has 0 unspecified atom stereocenters. The van der Waals surface area contributed by atoms with Crippen LogP contribution in [0.2, 0.25) is 5.02 Å². The molecule has 3 rings (SSSR count). The summed E-state index contributed by atoms with van der Waals surface area (Å²) in [5, 5.41) is 4.02. The molecule has 0 saturated heterocycles. The second-order valence-electron chi connectivity index (χ2n) is 5.47. The lowest BCUT2D eigenvalue weighted by Crippen LogP contribution is -2.35. The van der Waals surface area contributed by atoms with E-state index in [0.717, 1.165) is 31.2 Å². The normalized spacial score (nSPS) is 13.8. The van der Waals surface area contributed by atoms with Crippen molar-refractivity contribution < 1.29 is 4.74 Å². The smallest absolute Gasteiger partial charge is 0.194 e. The first-order chi connectivity index (χ1) is 11.2. The van der Waals surface area contributed by atoms with Gasteiger partial charge in [-0.05, 0) is 23.3 Å². The Labute approximate surface area is 141 Å². The molecule has 0 aromatic heterocycles. The third-order valence-electron chi connectivity index (χ3n) is 3.83. The standard InChI is InChI=1S/C18H20ClN3O/c1-22-11-10-20-18(22)21-12-14-6-2-3-7-15(14)13-23-17-9-5-4-8-16(17)19/h2-9H,10-13H2,1H3,(H,20,21). The summed E-state index contributed by atoms with van der Waals surface area (Å²) in [5.74, 6) is 1.66. The Balaban J connectivity index is 1.65. The molecule has 2 aromatic carbocycles. The number of likely N-dealkylation sites (N-methyl/N-ethyl adjacent to an activating group) is 1. The van der Waals surface area contributed by atoms with Gasteiger partial charge in [0.15, 0.2) is 5.96 Å². The molecule has 1 aliphatic rings. The maximum Gasteiger partial charge on any atom is 0.194 e. The van der Waals surface area contributed by atoms with E-state index in [1.54, 1.807) is 0 Å². The van der Waals surface area contributed by atoms with Crippen LogP contribution in [0.25, 0.3) is 0 Å². The summed E-state index contributed by atoms with van der Waals surface area (Å²) < 4.78 is 5.86. The fourth-order valence-electron chi connectivity index (χ4n) is 2.49. The Bertz CT molecular complexity index is 702. The monoisotopic (exact) mass is 329 g/mol. The summed E-state index contributed by atoms with van der Waals surface area (Å²) in [4.78, 5) is 6.58. The van der Waals surface area contributed by atoms with E-state index < -0.39 is 0 Å². The minimum atomic E-state index is 0.490. The van der Waals surface area contributed by atoms with Crippen LogP contribution in [0.5, 0.6) is 5.75 Å². The number of nitrogens with one attached hydrogen (secondary N) is 1. The first-order valence-corrected chi connectivity index (χ1v) is 8.05. The molecule has 1 N–H and O–H groups in total. The molecule has 120 valence electrons. The molecule has 0 spiro atoms. The van der Waals surface area contributed by atoms with Crippen molar-refractivity contribution in [3.8, 4) is 5.75 Å². The molecule has 1 heterocycles. The van der Waals surface area contributed by atoms with Gasteiger partial charge in [-0.2, -0.15) is 0 Å². The first-order valence-electron chi connectivity index (χ1n) is 7.67. The van der Waals surface area contributed by atoms with Crippen LogP contribution >= 0.6 is 11.6 Å². The average Bonchev–Trinajstić information content (AvgIpc) is 2.98. The number of nitrogens with zero attached hydrogens (tertiary/aromatic N) is 2. The molecule has 0 fully saturated rings. The zero-order chi connectivity index (χ0) is 16.1. The molecule has 0 aliphatic carbocycles. The molecule has 0 radical (unpaired) electrons. The molecule has 1 aliphatic heterocycles. The second kappa shape index (κ2) is 7.38. The van der Waals surface area contributed by atoms with E-state index in [0.29, 0.717) is 17.4 Å². The van der Waals surface area contributed by atoms with Gasteiger partial charge >= 0.3 is 0 Å². The number of aliphatic imine (C=N–C) groups is 1. The van der Waals surface area contributed by atoms with Crippen molar-refractivity contribution in [3.63, 3.8) is 0 Å². The van der Waals surface area contributed by atoms with Crippen LogP contribution in [0, 0.1) is 0 Å². The van der Waals surface area contributed by atoms with E-state index >= 15 is 0 Å². The number of hydrogen-bond donors (Lipinski definition) is 1. The summed E-state index contributed by atoms with van der Waals surface area (Å²) in [6, 6.07) is 15.8. The quantitative estimate of drug-likeness (QED) is 0.914. The molecule has 4 nitrogen and oxygen atoms in total. The van der Waals surface area contributed by atoms with Crippen molar-refractivity contribution in [2.75, 3.05) is 20.1 Å². The first kappa shape index (κ1) is 15.7. The summed E-state index contributed by atoms with van der Waals surface area (Å²) in [6.45, 7) is 3.05. The van der Waals surface area contributed by atoms with Gasteiger partial charge in [0.25, 0.3) is 0 Å². The Morgan fingerprint density at radius 1 is 1.13 bits per heavy atom. The Morgan fingerprint density at radius 2 is 1.87 bits per heavy atom. The van der Waals surface area contributed by atoms with E-state index in [4.69, 9.17) is 16.3 Å². The number of rotatable bonds is 5. The summed E-state index contributed by atoms with van der Waals surface area (Å²) in [7, 11) is 2.05. The van der Waals surface area contributed by atoms with Crippen LogP contribution in [-0.4, -0.2) is 31.0 Å². The Morgan fingerprint density at radius 3 is 2.61 bits per heavy atom. The lowest BCUT2D eigenvalue weighted by molar-refractivity contribution is 0.305. The van der Waals surface area contributed by atoms with Crippen molar-refractivity contribution in [2.24, 2.45) is 4.99 Å². The summed E-state index contributed by atoms with van der Waals surface area (Å²) >= 11 is 6.13. The van der Waals surface area contributed by atoms with Gasteiger partial charge in [-0.15, -0.1) is 0 Å². The predicted molar refractivity (Wildman–Crippen MR) is 94.0 cm³/mol. The highest BCUT2D eigenvalue weighted by Gasteiger charge is 2.12. The number of guanidine groups is 1. The van der Waals surface area contributed by atoms with E-state index in [1.807, 2.05) is 43.4 Å². The van der Waals surface area contributed by atoms with E-state index in [9.17, 15) is 0 Å². The highest BCUT2D eigenvalue weighted by Crippen LogP contribution is 2.24. The Hall–Kier alpha value is -2.20. The van der Waals surface area contributed by atoms with Gasteiger partial charge in [0.2, 0.25) is 0 Å². The van der Waals surface area contributed by atoms with Crippen LogP contribution in [0.4, 0.5) is 0 Å². The van der Waals surface area contributed by atoms with Gasteiger partial charge in [-0.25, -0.2) is 0 Å². The van der Waals surface area contributed by atoms with Crippen molar-refractivity contribution >= 4 is 17.6 Å². The van der Waals surface area contributed by atoms with E-state index in [1.165, 1.54) is 5.56 Å². The third-order valence-corrected chi connectivity index (χ3v) is 4.15. The van der Waals surface area contributed by atoms with Crippen molar-refractivity contribution in [3.05, 3.63) is 64.7 Å². The largest absolute Gasteiger partial charge is 0.487 e. The number of ether oxygens (including phenoxy) is 1. The summed E-state index contributed by atoms with van der Waals surface area (Å²) in [5.41, 5.74) is 2.34. The van der Waals surface area contributed by atoms with Crippen LogP contribution in [-0.2, 0) is 13.2 Å². The topological polar surface area (TPSA) is 36.9 Å². The fraction of sp³-hybridized carbons (Fsp3) is 0.278. The zero-order valence-electron chi connectivity index (χ0n) is 13.1. The van der Waals surface area contributed by atoms with Gasteiger partial charge in [-0.3, -0.25) is 4.99 Å². The maximum atomic E-state index is 6.13. The SMILES string of the molecule is CN1CCN=C1NCc1ccccc1COc1ccccc1Cl. The molecule has 0 bridgehead atoms. The zero-order valence-corrected chi connectivity index (χ0v) is 13.9. The Kier molecular flexibility index (Phi) is 5.03. The fourth-order valence-corrected chi connectivity index (χ4v) is 2.68. The molecule has 2 aromatic rings. The maximum absolute atomic E-state index is 6.13. The van der Waals surface area contributed by atoms with Gasteiger partial charge < -0.3 is 15.0 Å². The molecular formula is C18H20ClN3O. The third kappa shape index (κ3) is 3.96. The van der Waals surface area contributed by atoms with E-state index in [-0.39, 0.29) is 0 Å². The molecule has 0 atom stereocenters. The highest BCUT2D eigenvalue weighted by atomic mass is 35.5. The van der Waals surface area contributed by atoms with Crippen LogP contribution in [0.15, 0.2) is 53.5 Å². The van der Waals surface area contributed by atoms with Gasteiger partial charge in [0.05, 0.1) is 11.6 Å². The minimum absolute atomic E-state index is 0.490. The van der Waals surface area contributed by atoms with Gasteiger partial charge in [0, 0.05) is 20.1 Å². The van der Waals surface area contributed by atoms with Crippen LogP contribution in [0.3, 0.4) is 0 Å². The lowest BCUT2D eigenvalue weighted by atomic mass is 10.1. The number of benzene rings is 2. The second-order valence-corrected chi connectivity index (χ2v) is 5.88. The molecular weight excluding hydrogens is 310 g/mol. The molecule has 23 heavy (non-hydrogen) atoms. The van der Waals surface area contributed by atoms with E-state index in [2.05, 4.69) is 27.3 Å². The lowest BCUT2D eigenvalue weighted by Gasteiger charge is -2.17. The van der Waals surface area contributed by atoms with Crippen molar-refractivity contribution in [2.45, 2.75) is 13.2 Å². The molecule has 0 amide bonds. The van der Waals surface area contributed by atoms with Crippen molar-refractivity contribution in [1.29, 1.82) is 0 Å². The number of hydrogen-bond acceptors (Lipinski definition) is 4. The summed E-state index contributed by atoms with van der Waals surface area (Å²) in [6.07, 6.45) is 0. The minimum Gasteiger partial charge on any atom is -0.487 e. The van der Waals surface area contributed by atoms with Crippen molar-refractivity contribution in [1.82, 2.24) is 10.2 Å². The number of halogens is 1. The van der Waals surface area contributed by atoms with Crippen LogP contribution < -0.4 is 10.1 Å².